The summed E-state index contributed by atoms with van der Waals surface area (Å²) in [5, 5.41) is 6.64. The van der Waals surface area contributed by atoms with Gasteiger partial charge in [0.05, 0.1) is 5.75 Å². The van der Waals surface area contributed by atoms with Crippen molar-refractivity contribution in [1.29, 1.82) is 0 Å². The molecule has 2 rings (SSSR count). The highest BCUT2D eigenvalue weighted by Crippen LogP contribution is 2.12. The lowest BCUT2D eigenvalue weighted by atomic mass is 10.1. The summed E-state index contributed by atoms with van der Waals surface area (Å²) >= 11 is 0. The van der Waals surface area contributed by atoms with Crippen molar-refractivity contribution in [1.82, 2.24) is 20.3 Å². The van der Waals surface area contributed by atoms with Gasteiger partial charge in [0.15, 0.2) is 5.96 Å². The number of hydrogen-bond acceptors (Lipinski definition) is 4. The van der Waals surface area contributed by atoms with Crippen molar-refractivity contribution >= 4 is 16.0 Å². The lowest BCUT2D eigenvalue weighted by Crippen LogP contribution is -2.42. The van der Waals surface area contributed by atoms with E-state index in [1.54, 1.807) is 7.05 Å². The van der Waals surface area contributed by atoms with Crippen molar-refractivity contribution in [2.24, 2.45) is 4.99 Å². The van der Waals surface area contributed by atoms with Gasteiger partial charge in [-0.25, -0.2) is 13.1 Å². The first-order valence-electron chi connectivity index (χ1n) is 10.1. The topological polar surface area (TPSA) is 85.8 Å². The van der Waals surface area contributed by atoms with Crippen LogP contribution in [-0.2, 0) is 22.3 Å². The highest BCUT2D eigenvalue weighted by molar-refractivity contribution is 7.88. The highest BCUT2D eigenvalue weighted by atomic mass is 32.2. The Morgan fingerprint density at radius 1 is 1.11 bits per heavy atom. The van der Waals surface area contributed by atoms with Crippen molar-refractivity contribution in [3.8, 4) is 0 Å². The standard InChI is InChI=1S/C20H35N5O2S/c1-17(2)24-28(26,27)16-19-10-6-5-9-18(19)15-23-20(21-3)22-11-14-25-12-7-4-8-13-25/h5-6,9-10,17,24H,4,7-8,11-16H2,1-3H3,(H2,21,22,23). The molecule has 158 valence electrons. The lowest BCUT2D eigenvalue weighted by molar-refractivity contribution is 0.232. The van der Waals surface area contributed by atoms with E-state index in [-0.39, 0.29) is 11.8 Å². The molecule has 1 fully saturated rings. The minimum absolute atomic E-state index is 0.0238. The molecule has 0 aliphatic carbocycles. The van der Waals surface area contributed by atoms with E-state index in [4.69, 9.17) is 0 Å². The number of likely N-dealkylation sites (tertiary alicyclic amines) is 1. The molecule has 7 nitrogen and oxygen atoms in total. The van der Waals surface area contributed by atoms with Crippen LogP contribution in [0, 0.1) is 0 Å². The number of guanidine groups is 1. The van der Waals surface area contributed by atoms with E-state index in [2.05, 4.69) is 25.2 Å². The molecular weight excluding hydrogens is 374 g/mol. The van der Waals surface area contributed by atoms with Gasteiger partial charge < -0.3 is 15.5 Å². The second-order valence-corrected chi connectivity index (χ2v) is 9.31. The van der Waals surface area contributed by atoms with Crippen LogP contribution in [0.25, 0.3) is 0 Å². The fourth-order valence-electron chi connectivity index (χ4n) is 3.39. The summed E-state index contributed by atoms with van der Waals surface area (Å²) in [5.41, 5.74) is 1.75. The van der Waals surface area contributed by atoms with Gasteiger partial charge in [-0.3, -0.25) is 4.99 Å². The van der Waals surface area contributed by atoms with Gasteiger partial charge in [0.1, 0.15) is 0 Å². The molecule has 3 N–H and O–H groups in total. The molecule has 0 unspecified atom stereocenters. The van der Waals surface area contributed by atoms with Crippen molar-refractivity contribution in [2.45, 2.75) is 51.4 Å². The van der Waals surface area contributed by atoms with E-state index < -0.39 is 10.0 Å². The quantitative estimate of drug-likeness (QED) is 0.427. The SMILES string of the molecule is CN=C(NCCN1CCCCC1)NCc1ccccc1CS(=O)(=O)NC(C)C. The molecule has 0 amide bonds. The Kier molecular flexibility index (Phi) is 9.21. The van der Waals surface area contributed by atoms with Crippen LogP contribution in [0.3, 0.4) is 0 Å². The first kappa shape index (κ1) is 22.6. The molecule has 1 aliphatic rings. The number of nitrogens with zero attached hydrogens (tertiary/aromatic N) is 2. The van der Waals surface area contributed by atoms with Gasteiger partial charge >= 0.3 is 0 Å². The van der Waals surface area contributed by atoms with Gasteiger partial charge in [0, 0.05) is 32.7 Å². The van der Waals surface area contributed by atoms with E-state index in [1.807, 2.05) is 38.1 Å². The monoisotopic (exact) mass is 409 g/mol. The lowest BCUT2D eigenvalue weighted by Gasteiger charge is -2.26. The van der Waals surface area contributed by atoms with Crippen LogP contribution in [0.2, 0.25) is 0 Å². The molecule has 0 spiro atoms. The number of benzene rings is 1. The average Bonchev–Trinajstić information content (AvgIpc) is 2.65. The molecule has 28 heavy (non-hydrogen) atoms. The summed E-state index contributed by atoms with van der Waals surface area (Å²) in [6, 6.07) is 7.50. The Balaban J connectivity index is 1.86. The smallest absolute Gasteiger partial charge is 0.216 e. The molecule has 0 atom stereocenters. The third-order valence-electron chi connectivity index (χ3n) is 4.72. The van der Waals surface area contributed by atoms with Crippen LogP contribution < -0.4 is 15.4 Å². The molecule has 0 saturated carbocycles. The van der Waals surface area contributed by atoms with Gasteiger partial charge in [-0.15, -0.1) is 0 Å². The third kappa shape index (κ3) is 8.16. The van der Waals surface area contributed by atoms with Crippen LogP contribution in [-0.4, -0.2) is 58.5 Å². The van der Waals surface area contributed by atoms with Crippen LogP contribution in [0.4, 0.5) is 0 Å². The van der Waals surface area contributed by atoms with Crippen LogP contribution in [0.5, 0.6) is 0 Å². The summed E-state index contributed by atoms with van der Waals surface area (Å²) in [6.07, 6.45) is 3.92. The van der Waals surface area contributed by atoms with E-state index in [0.717, 1.165) is 30.2 Å². The van der Waals surface area contributed by atoms with E-state index in [0.29, 0.717) is 6.54 Å². The van der Waals surface area contributed by atoms with Gasteiger partial charge in [-0.1, -0.05) is 30.7 Å². The summed E-state index contributed by atoms with van der Waals surface area (Å²) in [7, 11) is -1.61. The van der Waals surface area contributed by atoms with Crippen molar-refractivity contribution in [2.75, 3.05) is 33.2 Å². The minimum Gasteiger partial charge on any atom is -0.355 e. The Hall–Kier alpha value is -1.64. The van der Waals surface area contributed by atoms with Crippen molar-refractivity contribution in [3.63, 3.8) is 0 Å². The molecule has 1 aromatic rings. The molecule has 0 aromatic heterocycles. The van der Waals surface area contributed by atoms with Gasteiger partial charge in [0.2, 0.25) is 10.0 Å². The number of piperidine rings is 1. The maximum Gasteiger partial charge on any atom is 0.216 e. The predicted molar refractivity (Wildman–Crippen MR) is 116 cm³/mol. The number of rotatable bonds is 9. The molecule has 1 heterocycles. The normalized spacial score (nSPS) is 16.4. The van der Waals surface area contributed by atoms with Crippen molar-refractivity contribution < 1.29 is 8.42 Å². The van der Waals surface area contributed by atoms with Crippen molar-refractivity contribution in [3.05, 3.63) is 35.4 Å². The molecule has 1 aliphatic heterocycles. The van der Waals surface area contributed by atoms with Gasteiger partial charge in [-0.2, -0.15) is 0 Å². The van der Waals surface area contributed by atoms with Crippen LogP contribution in [0.1, 0.15) is 44.2 Å². The maximum atomic E-state index is 12.3. The fraction of sp³-hybridized carbons (Fsp3) is 0.650. The zero-order valence-corrected chi connectivity index (χ0v) is 18.2. The van der Waals surface area contributed by atoms with Gasteiger partial charge in [0.25, 0.3) is 0 Å². The summed E-state index contributed by atoms with van der Waals surface area (Å²) < 4.78 is 27.2. The Morgan fingerprint density at radius 3 is 2.43 bits per heavy atom. The van der Waals surface area contributed by atoms with E-state index >= 15 is 0 Å². The number of sulfonamides is 1. The Labute approximate surface area is 170 Å². The molecular formula is C20H35N5O2S. The molecule has 1 aromatic carbocycles. The number of nitrogens with one attached hydrogen (secondary N) is 3. The van der Waals surface area contributed by atoms with Crippen LogP contribution in [0.15, 0.2) is 29.3 Å². The van der Waals surface area contributed by atoms with Gasteiger partial charge in [-0.05, 0) is 50.9 Å². The predicted octanol–water partition coefficient (Wildman–Crippen LogP) is 1.67. The largest absolute Gasteiger partial charge is 0.355 e. The third-order valence-corrected chi connectivity index (χ3v) is 6.24. The average molecular weight is 410 g/mol. The molecule has 8 heteroatoms. The highest BCUT2D eigenvalue weighted by Gasteiger charge is 2.15. The summed E-state index contributed by atoms with van der Waals surface area (Å²) in [5.74, 6) is 0.708. The molecule has 0 radical (unpaired) electrons. The zero-order valence-electron chi connectivity index (χ0n) is 17.4. The second kappa shape index (κ2) is 11.4. The first-order valence-corrected chi connectivity index (χ1v) is 11.8. The first-order chi connectivity index (χ1) is 13.4. The van der Waals surface area contributed by atoms with E-state index in [1.165, 1.54) is 32.4 Å². The van der Waals surface area contributed by atoms with Crippen LogP contribution >= 0.6 is 0 Å². The second-order valence-electron chi connectivity index (χ2n) is 7.56. The molecule has 0 bridgehead atoms. The Bertz CT molecular complexity index is 728. The van der Waals surface area contributed by atoms with E-state index in [9.17, 15) is 8.42 Å². The number of aliphatic imine (C=N–C) groups is 1. The Morgan fingerprint density at radius 2 is 1.79 bits per heavy atom. The maximum absolute atomic E-state index is 12.3. The minimum atomic E-state index is -3.36. The molecule has 1 saturated heterocycles. The zero-order chi connectivity index (χ0) is 20.4. The number of hydrogen-bond donors (Lipinski definition) is 3. The fourth-order valence-corrected chi connectivity index (χ4v) is 4.88. The summed E-state index contributed by atoms with van der Waals surface area (Å²) in [4.78, 5) is 6.75. The summed E-state index contributed by atoms with van der Waals surface area (Å²) in [6.45, 7) is 8.39.